The second-order valence-electron chi connectivity index (χ2n) is 4.00. The van der Waals surface area contributed by atoms with Crippen LogP contribution in [0.1, 0.15) is 6.92 Å². The van der Waals surface area contributed by atoms with Gasteiger partial charge in [-0.05, 0) is 12.1 Å². The smallest absolute Gasteiger partial charge is 0.313 e. The van der Waals surface area contributed by atoms with E-state index in [0.717, 1.165) is 0 Å². The highest BCUT2D eigenvalue weighted by Crippen LogP contribution is 2.15. The summed E-state index contributed by atoms with van der Waals surface area (Å²) in [5, 5.41) is 17.5. The van der Waals surface area contributed by atoms with Crippen molar-refractivity contribution >= 4 is 29.1 Å². The molecule has 0 fully saturated rings. The summed E-state index contributed by atoms with van der Waals surface area (Å²) < 4.78 is 0. The van der Waals surface area contributed by atoms with Crippen LogP contribution in [-0.4, -0.2) is 35.7 Å². The summed E-state index contributed by atoms with van der Waals surface area (Å²) in [5.74, 6) is -2.00. The van der Waals surface area contributed by atoms with E-state index in [-0.39, 0.29) is 30.4 Å². The normalized spacial score (nSPS) is 9.57. The Labute approximate surface area is 119 Å². The van der Waals surface area contributed by atoms with Gasteiger partial charge in [0.25, 0.3) is 5.69 Å². The average molecular weight is 294 g/mol. The maximum atomic E-state index is 11.5. The second kappa shape index (κ2) is 7.58. The van der Waals surface area contributed by atoms with Crippen LogP contribution in [0.2, 0.25) is 0 Å². The number of hydrogen-bond acceptors (Lipinski definition) is 5. The number of hydrogen-bond donors (Lipinski definition) is 3. The van der Waals surface area contributed by atoms with E-state index in [4.69, 9.17) is 0 Å². The molecular formula is C12H14N4O5. The molecule has 9 heteroatoms. The molecule has 0 radical (unpaired) electrons. The fraction of sp³-hybridized carbons (Fsp3) is 0.250. The molecule has 21 heavy (non-hydrogen) atoms. The Balaban J connectivity index is 2.43. The number of carbonyl (C=O) groups is 3. The van der Waals surface area contributed by atoms with Crippen molar-refractivity contribution in [1.29, 1.82) is 0 Å². The number of amides is 3. The van der Waals surface area contributed by atoms with Crippen LogP contribution in [0, 0.1) is 10.1 Å². The largest absolute Gasteiger partial charge is 0.355 e. The van der Waals surface area contributed by atoms with Crippen molar-refractivity contribution < 1.29 is 19.3 Å². The first kappa shape index (κ1) is 16.1. The van der Waals surface area contributed by atoms with Crippen LogP contribution >= 0.6 is 0 Å². The van der Waals surface area contributed by atoms with E-state index >= 15 is 0 Å². The highest BCUT2D eigenvalue weighted by atomic mass is 16.6. The Morgan fingerprint density at radius 3 is 2.14 bits per heavy atom. The Bertz CT molecular complexity index is 555. The summed E-state index contributed by atoms with van der Waals surface area (Å²) in [6.07, 6.45) is 0. The first-order valence-electron chi connectivity index (χ1n) is 5.98. The van der Waals surface area contributed by atoms with Crippen LogP contribution in [-0.2, 0) is 14.4 Å². The topological polar surface area (TPSA) is 130 Å². The van der Waals surface area contributed by atoms with Crippen LogP contribution in [0.4, 0.5) is 11.4 Å². The lowest BCUT2D eigenvalue weighted by atomic mass is 10.3. The molecule has 1 rings (SSSR count). The van der Waals surface area contributed by atoms with Gasteiger partial charge in [0.2, 0.25) is 5.91 Å². The van der Waals surface area contributed by atoms with E-state index in [1.54, 1.807) is 0 Å². The summed E-state index contributed by atoms with van der Waals surface area (Å²) in [7, 11) is 0. The van der Waals surface area contributed by atoms with Crippen molar-refractivity contribution in [2.24, 2.45) is 0 Å². The maximum Gasteiger partial charge on any atom is 0.313 e. The van der Waals surface area contributed by atoms with Crippen LogP contribution in [0.3, 0.4) is 0 Å². The third-order valence-corrected chi connectivity index (χ3v) is 2.33. The summed E-state index contributed by atoms with van der Waals surface area (Å²) in [4.78, 5) is 43.4. The average Bonchev–Trinajstić information content (AvgIpc) is 2.43. The number of nitrogens with zero attached hydrogens (tertiary/aromatic N) is 1. The van der Waals surface area contributed by atoms with E-state index in [1.165, 1.54) is 31.2 Å². The molecule has 0 aliphatic rings. The molecule has 0 atom stereocenters. The maximum absolute atomic E-state index is 11.5. The van der Waals surface area contributed by atoms with Gasteiger partial charge in [-0.25, -0.2) is 0 Å². The molecule has 0 aliphatic carbocycles. The zero-order valence-corrected chi connectivity index (χ0v) is 11.2. The fourth-order valence-electron chi connectivity index (χ4n) is 1.35. The number of nitro groups is 1. The molecule has 0 aliphatic heterocycles. The molecule has 9 nitrogen and oxygen atoms in total. The van der Waals surface area contributed by atoms with Crippen LogP contribution < -0.4 is 16.0 Å². The Hall–Kier alpha value is -2.97. The van der Waals surface area contributed by atoms with E-state index in [2.05, 4.69) is 16.0 Å². The van der Waals surface area contributed by atoms with Crippen molar-refractivity contribution in [3.05, 3.63) is 34.4 Å². The lowest BCUT2D eigenvalue weighted by Gasteiger charge is -2.06. The van der Waals surface area contributed by atoms with E-state index in [9.17, 15) is 24.5 Å². The minimum Gasteiger partial charge on any atom is -0.355 e. The summed E-state index contributed by atoms with van der Waals surface area (Å²) in [6, 6.07) is 5.07. The molecule has 1 aromatic rings. The van der Waals surface area contributed by atoms with Gasteiger partial charge in [0.05, 0.1) is 4.92 Å². The fourth-order valence-corrected chi connectivity index (χ4v) is 1.35. The quantitative estimate of drug-likeness (QED) is 0.299. The Morgan fingerprint density at radius 2 is 1.62 bits per heavy atom. The van der Waals surface area contributed by atoms with Gasteiger partial charge in [0.1, 0.15) is 0 Å². The predicted octanol–water partition coefficient (Wildman–Crippen LogP) is -0.214. The highest BCUT2D eigenvalue weighted by Gasteiger charge is 2.13. The Morgan fingerprint density at radius 1 is 1.05 bits per heavy atom. The number of nitrogens with one attached hydrogen (secondary N) is 3. The lowest BCUT2D eigenvalue weighted by molar-refractivity contribution is -0.384. The SMILES string of the molecule is CC(=O)NCCNC(=O)C(=O)Nc1ccc([N+](=O)[O-])cc1. The molecule has 1 aromatic carbocycles. The van der Waals surface area contributed by atoms with Crippen LogP contribution in [0.15, 0.2) is 24.3 Å². The van der Waals surface area contributed by atoms with Gasteiger partial charge in [-0.2, -0.15) is 0 Å². The molecule has 0 aromatic heterocycles. The molecule has 3 N–H and O–H groups in total. The number of benzene rings is 1. The number of non-ortho nitro benzene ring substituents is 1. The molecule has 0 saturated carbocycles. The molecule has 0 saturated heterocycles. The van der Waals surface area contributed by atoms with E-state index in [0.29, 0.717) is 0 Å². The first-order valence-corrected chi connectivity index (χ1v) is 5.98. The number of nitro benzene ring substituents is 1. The van der Waals surface area contributed by atoms with Gasteiger partial charge in [0, 0.05) is 37.8 Å². The summed E-state index contributed by atoms with van der Waals surface area (Å²) in [5.41, 5.74) is 0.148. The summed E-state index contributed by atoms with van der Waals surface area (Å²) in [6.45, 7) is 1.67. The van der Waals surface area contributed by atoms with Gasteiger partial charge >= 0.3 is 11.8 Å². The lowest BCUT2D eigenvalue weighted by Crippen LogP contribution is -2.39. The second-order valence-corrected chi connectivity index (χ2v) is 4.00. The molecule has 112 valence electrons. The molecular weight excluding hydrogens is 280 g/mol. The first-order chi connectivity index (χ1) is 9.90. The van der Waals surface area contributed by atoms with Crippen molar-refractivity contribution in [3.8, 4) is 0 Å². The minimum atomic E-state index is -0.897. The van der Waals surface area contributed by atoms with Crippen LogP contribution in [0.5, 0.6) is 0 Å². The molecule has 0 bridgehead atoms. The Kier molecular flexibility index (Phi) is 5.80. The number of rotatable bonds is 5. The zero-order chi connectivity index (χ0) is 15.8. The van der Waals surface area contributed by atoms with Gasteiger partial charge in [-0.1, -0.05) is 0 Å². The predicted molar refractivity (Wildman–Crippen MR) is 73.4 cm³/mol. The van der Waals surface area contributed by atoms with Gasteiger partial charge in [-0.15, -0.1) is 0 Å². The van der Waals surface area contributed by atoms with Gasteiger partial charge < -0.3 is 16.0 Å². The van der Waals surface area contributed by atoms with Crippen molar-refractivity contribution in [2.75, 3.05) is 18.4 Å². The van der Waals surface area contributed by atoms with Gasteiger partial charge in [-0.3, -0.25) is 24.5 Å². The monoisotopic (exact) mass is 294 g/mol. The van der Waals surface area contributed by atoms with Crippen LogP contribution in [0.25, 0.3) is 0 Å². The zero-order valence-electron chi connectivity index (χ0n) is 11.2. The molecule has 0 unspecified atom stereocenters. The molecule has 0 heterocycles. The molecule has 3 amide bonds. The van der Waals surface area contributed by atoms with Crippen molar-refractivity contribution in [1.82, 2.24) is 10.6 Å². The molecule has 0 spiro atoms. The van der Waals surface area contributed by atoms with E-state index in [1.807, 2.05) is 0 Å². The van der Waals surface area contributed by atoms with E-state index < -0.39 is 16.7 Å². The van der Waals surface area contributed by atoms with Crippen molar-refractivity contribution in [2.45, 2.75) is 6.92 Å². The third-order valence-electron chi connectivity index (χ3n) is 2.33. The van der Waals surface area contributed by atoms with Gasteiger partial charge in [0.15, 0.2) is 0 Å². The number of carbonyl (C=O) groups excluding carboxylic acids is 3. The third kappa shape index (κ3) is 5.68. The highest BCUT2D eigenvalue weighted by molar-refractivity contribution is 6.39. The summed E-state index contributed by atoms with van der Waals surface area (Å²) >= 11 is 0. The number of anilines is 1. The van der Waals surface area contributed by atoms with Crippen molar-refractivity contribution in [3.63, 3.8) is 0 Å². The minimum absolute atomic E-state index is 0.117. The standard InChI is InChI=1S/C12H14N4O5/c1-8(17)13-6-7-14-11(18)12(19)15-9-2-4-10(5-3-9)16(20)21/h2-5H,6-7H2,1H3,(H,13,17)(H,14,18)(H,15,19).